The number of ether oxygens (including phenoxy) is 1. The molecule has 34 heavy (non-hydrogen) atoms. The van der Waals surface area contributed by atoms with Crippen LogP contribution in [0.25, 0.3) is 10.9 Å². The molecular formula is C26H32FN3O3S. The van der Waals surface area contributed by atoms with Gasteiger partial charge in [-0.1, -0.05) is 37.6 Å². The second-order valence-corrected chi connectivity index (χ2v) is 11.6. The number of halogens is 1. The van der Waals surface area contributed by atoms with E-state index >= 15 is 4.39 Å². The fourth-order valence-electron chi connectivity index (χ4n) is 5.48. The van der Waals surface area contributed by atoms with Crippen LogP contribution in [0, 0.1) is 11.7 Å². The van der Waals surface area contributed by atoms with E-state index in [2.05, 4.69) is 16.8 Å². The van der Waals surface area contributed by atoms with Gasteiger partial charge in [-0.3, -0.25) is 4.90 Å². The third kappa shape index (κ3) is 4.23. The van der Waals surface area contributed by atoms with E-state index in [1.165, 1.54) is 23.0 Å². The summed E-state index contributed by atoms with van der Waals surface area (Å²) >= 11 is 0. The molecule has 2 atom stereocenters. The minimum absolute atomic E-state index is 0.300. The van der Waals surface area contributed by atoms with Crippen LogP contribution in [0.5, 0.6) is 5.75 Å². The fraction of sp³-hybridized carbons (Fsp3) is 0.462. The maximum atomic E-state index is 15.5. The van der Waals surface area contributed by atoms with E-state index in [0.717, 1.165) is 47.7 Å². The van der Waals surface area contributed by atoms with Crippen molar-refractivity contribution in [2.45, 2.75) is 38.8 Å². The molecule has 1 N–H and O–H groups in total. The molecule has 6 nitrogen and oxygen atoms in total. The first-order valence-electron chi connectivity index (χ1n) is 12.0. The Labute approximate surface area is 200 Å². The monoisotopic (exact) mass is 485 g/mol. The zero-order valence-electron chi connectivity index (χ0n) is 19.9. The average Bonchev–Trinajstić information content (AvgIpc) is 3.12. The number of likely N-dealkylation sites (tertiary alicyclic amines) is 1. The number of aromatic amines is 1. The molecule has 5 rings (SSSR count). The quantitative estimate of drug-likeness (QED) is 0.541. The first kappa shape index (κ1) is 23.3. The van der Waals surface area contributed by atoms with Crippen LogP contribution in [0.2, 0.25) is 0 Å². The molecular weight excluding hydrogens is 453 g/mol. The molecule has 0 saturated carbocycles. The number of para-hydroxylation sites is 1. The summed E-state index contributed by atoms with van der Waals surface area (Å²) in [6.45, 7) is 7.60. The first-order valence-corrected chi connectivity index (χ1v) is 13.8. The van der Waals surface area contributed by atoms with Crippen LogP contribution in [-0.4, -0.2) is 61.1 Å². The maximum absolute atomic E-state index is 15.5. The summed E-state index contributed by atoms with van der Waals surface area (Å²) in [5, 5.41) is 1.05. The Hall–Kier alpha value is -2.42. The van der Waals surface area contributed by atoms with Crippen molar-refractivity contribution in [3.63, 3.8) is 0 Å². The van der Waals surface area contributed by atoms with Crippen LogP contribution in [0.15, 0.2) is 42.5 Å². The number of fused-ring (bicyclic) bond motifs is 3. The molecule has 2 aliphatic rings. The highest BCUT2D eigenvalue weighted by Gasteiger charge is 2.41. The molecule has 8 heteroatoms. The fourth-order valence-corrected chi connectivity index (χ4v) is 6.81. The zero-order valence-corrected chi connectivity index (χ0v) is 20.7. The molecule has 0 amide bonds. The van der Waals surface area contributed by atoms with Gasteiger partial charge in [-0.15, -0.1) is 0 Å². The van der Waals surface area contributed by atoms with Crippen molar-refractivity contribution in [2.24, 2.45) is 5.92 Å². The minimum Gasteiger partial charge on any atom is -0.492 e. The van der Waals surface area contributed by atoms with E-state index < -0.39 is 21.9 Å². The Balaban J connectivity index is 1.44. The van der Waals surface area contributed by atoms with E-state index in [1.807, 2.05) is 31.2 Å². The van der Waals surface area contributed by atoms with E-state index in [4.69, 9.17) is 4.74 Å². The zero-order chi connectivity index (χ0) is 24.0. The topological polar surface area (TPSA) is 65.6 Å². The van der Waals surface area contributed by atoms with Crippen molar-refractivity contribution < 1.29 is 17.5 Å². The summed E-state index contributed by atoms with van der Waals surface area (Å²) in [6.07, 6.45) is 2.96. The number of sulfonamides is 1. The number of nitrogens with zero attached hydrogens (tertiary/aromatic N) is 2. The number of hydrogen-bond donors (Lipinski definition) is 1. The van der Waals surface area contributed by atoms with E-state index in [0.29, 0.717) is 24.3 Å². The molecule has 1 aromatic heterocycles. The molecule has 3 aromatic rings. The second-order valence-electron chi connectivity index (χ2n) is 9.68. The summed E-state index contributed by atoms with van der Waals surface area (Å²) in [5.41, 5.74) is 3.04. The van der Waals surface area contributed by atoms with Crippen LogP contribution >= 0.6 is 0 Å². The molecule has 3 heterocycles. The third-order valence-electron chi connectivity index (χ3n) is 7.24. The highest BCUT2D eigenvalue weighted by molar-refractivity contribution is 7.88. The first-order chi connectivity index (χ1) is 16.3. The SMILES string of the molecule is CCC1CN(CCOc2ccc([C@H]3c4[nH]c5ccccc5c4C[C@@H](C)N3S(C)(=O)=O)c(F)c2)C1. The van der Waals surface area contributed by atoms with E-state index in [1.54, 1.807) is 12.1 Å². The van der Waals surface area contributed by atoms with Crippen LogP contribution in [0.4, 0.5) is 4.39 Å². The molecule has 0 unspecified atom stereocenters. The van der Waals surface area contributed by atoms with Crippen molar-refractivity contribution in [3.8, 4) is 5.75 Å². The van der Waals surface area contributed by atoms with Crippen molar-refractivity contribution in [2.75, 3.05) is 32.5 Å². The molecule has 0 bridgehead atoms. The number of benzene rings is 2. The van der Waals surface area contributed by atoms with Gasteiger partial charge in [0, 0.05) is 53.9 Å². The van der Waals surface area contributed by atoms with Gasteiger partial charge in [0.25, 0.3) is 0 Å². The molecule has 182 valence electrons. The number of nitrogens with one attached hydrogen (secondary N) is 1. The van der Waals surface area contributed by atoms with Gasteiger partial charge in [-0.05, 0) is 37.0 Å². The minimum atomic E-state index is -3.60. The Morgan fingerprint density at radius 3 is 2.65 bits per heavy atom. The van der Waals surface area contributed by atoms with Gasteiger partial charge in [0.2, 0.25) is 10.0 Å². The molecule has 2 aliphatic heterocycles. The van der Waals surface area contributed by atoms with Crippen molar-refractivity contribution in [1.82, 2.24) is 14.2 Å². The molecule has 1 saturated heterocycles. The predicted octanol–water partition coefficient (Wildman–Crippen LogP) is 4.32. The highest BCUT2D eigenvalue weighted by Crippen LogP contribution is 2.43. The summed E-state index contributed by atoms with van der Waals surface area (Å²) in [5.74, 6) is 0.771. The van der Waals surface area contributed by atoms with Gasteiger partial charge in [-0.2, -0.15) is 4.31 Å². The largest absolute Gasteiger partial charge is 0.492 e. The Morgan fingerprint density at radius 1 is 1.18 bits per heavy atom. The third-order valence-corrected chi connectivity index (χ3v) is 8.58. The summed E-state index contributed by atoms with van der Waals surface area (Å²) in [6, 6.07) is 11.6. The van der Waals surface area contributed by atoms with Crippen molar-refractivity contribution >= 4 is 20.9 Å². The van der Waals surface area contributed by atoms with E-state index in [-0.39, 0.29) is 6.04 Å². The molecule has 1 fully saturated rings. The predicted molar refractivity (Wildman–Crippen MR) is 132 cm³/mol. The van der Waals surface area contributed by atoms with Gasteiger partial charge in [0.15, 0.2) is 0 Å². The van der Waals surface area contributed by atoms with Gasteiger partial charge in [0.05, 0.1) is 12.3 Å². The van der Waals surface area contributed by atoms with Gasteiger partial charge in [-0.25, -0.2) is 12.8 Å². The van der Waals surface area contributed by atoms with Gasteiger partial charge in [0.1, 0.15) is 18.2 Å². The lowest BCUT2D eigenvalue weighted by atomic mass is 9.90. The lowest BCUT2D eigenvalue weighted by Crippen LogP contribution is -2.47. The number of hydrogen-bond acceptors (Lipinski definition) is 4. The second kappa shape index (κ2) is 8.98. The summed E-state index contributed by atoms with van der Waals surface area (Å²) in [4.78, 5) is 5.72. The normalized spacial score (nSPS) is 22.0. The molecule has 2 aromatic carbocycles. The lowest BCUT2D eigenvalue weighted by molar-refractivity contribution is 0.0805. The van der Waals surface area contributed by atoms with Crippen LogP contribution in [-0.2, 0) is 16.4 Å². The number of rotatable bonds is 7. The highest BCUT2D eigenvalue weighted by atomic mass is 32.2. The van der Waals surface area contributed by atoms with Crippen molar-refractivity contribution in [1.29, 1.82) is 0 Å². The van der Waals surface area contributed by atoms with Crippen LogP contribution in [0.3, 0.4) is 0 Å². The maximum Gasteiger partial charge on any atom is 0.212 e. The number of H-pyrrole nitrogens is 1. The molecule has 0 aliphatic carbocycles. The number of aromatic nitrogens is 1. The van der Waals surface area contributed by atoms with Crippen LogP contribution < -0.4 is 4.74 Å². The Bertz CT molecular complexity index is 1300. The standard InChI is InChI=1S/C26H32FN3O3S/c1-4-18-15-29(16-18)11-12-33-19-9-10-21(23(27)14-19)26-25-22(13-17(2)30(26)34(3,31)32)20-7-5-6-8-24(20)28-25/h5-10,14,17-18,26,28H,4,11-13,15-16H2,1-3H3/t17-,26+/m1/s1. The average molecular weight is 486 g/mol. The Kier molecular flexibility index (Phi) is 6.16. The summed E-state index contributed by atoms with van der Waals surface area (Å²) in [7, 11) is -3.60. The van der Waals surface area contributed by atoms with Crippen LogP contribution in [0.1, 0.15) is 43.1 Å². The summed E-state index contributed by atoms with van der Waals surface area (Å²) < 4.78 is 48.4. The van der Waals surface area contributed by atoms with E-state index in [9.17, 15) is 8.42 Å². The Morgan fingerprint density at radius 2 is 1.94 bits per heavy atom. The van der Waals surface area contributed by atoms with Gasteiger partial charge >= 0.3 is 0 Å². The van der Waals surface area contributed by atoms with Crippen molar-refractivity contribution in [3.05, 3.63) is 65.1 Å². The lowest BCUT2D eigenvalue weighted by Gasteiger charge is -2.39. The molecule has 0 radical (unpaired) electrons. The molecule has 0 spiro atoms. The smallest absolute Gasteiger partial charge is 0.212 e. The van der Waals surface area contributed by atoms with Gasteiger partial charge < -0.3 is 9.72 Å².